The molecule has 0 aliphatic heterocycles. The van der Waals surface area contributed by atoms with Gasteiger partial charge in [-0.2, -0.15) is 0 Å². The van der Waals surface area contributed by atoms with Crippen molar-refractivity contribution >= 4 is 17.6 Å². The molecule has 0 saturated carbocycles. The number of benzene rings is 1. The van der Waals surface area contributed by atoms with E-state index < -0.39 is 23.2 Å². The topological polar surface area (TPSA) is 34.1 Å². The minimum atomic E-state index is -1.59. The van der Waals surface area contributed by atoms with Crippen LogP contribution in [0.3, 0.4) is 0 Å². The molecular weight excluding hydrogens is 233 g/mol. The van der Waals surface area contributed by atoms with Crippen molar-refractivity contribution in [1.29, 1.82) is 0 Å². The number of ketones is 2. The zero-order chi connectivity index (χ0) is 13.0. The van der Waals surface area contributed by atoms with Gasteiger partial charge in [0.05, 0.1) is 6.42 Å². The van der Waals surface area contributed by atoms with Crippen molar-refractivity contribution in [2.75, 3.05) is 0 Å². The molecule has 0 heterocycles. The van der Waals surface area contributed by atoms with Crippen molar-refractivity contribution in [3.8, 4) is 0 Å². The first kappa shape index (κ1) is 13.2. The first-order valence-corrected chi connectivity index (χ1v) is 4.75. The third-order valence-electron chi connectivity index (χ3n) is 1.94. The van der Waals surface area contributed by atoms with Gasteiger partial charge >= 0.3 is 0 Å². The van der Waals surface area contributed by atoms with Crippen LogP contribution < -0.4 is 0 Å². The second-order valence-electron chi connectivity index (χ2n) is 3.44. The van der Waals surface area contributed by atoms with E-state index in [0.717, 1.165) is 24.3 Å². The largest absolute Gasteiger partial charge is 0.300 e. The first-order chi connectivity index (χ1) is 7.91. The van der Waals surface area contributed by atoms with Crippen molar-refractivity contribution in [2.45, 2.75) is 13.3 Å². The fourth-order valence-corrected chi connectivity index (χ4v) is 1.16. The summed E-state index contributed by atoms with van der Waals surface area (Å²) in [6.07, 6.45) is 1.65. The van der Waals surface area contributed by atoms with Crippen molar-refractivity contribution in [3.63, 3.8) is 0 Å². The van der Waals surface area contributed by atoms with E-state index in [0.29, 0.717) is 0 Å². The summed E-state index contributed by atoms with van der Waals surface area (Å²) in [6.45, 7) is 1.24. The summed E-state index contributed by atoms with van der Waals surface area (Å²) in [6, 6.07) is 1.76. The van der Waals surface area contributed by atoms with Crippen LogP contribution in [0.4, 0.5) is 13.2 Å². The molecule has 0 aliphatic carbocycles. The van der Waals surface area contributed by atoms with Gasteiger partial charge in [-0.15, -0.1) is 0 Å². The Balaban J connectivity index is 2.89. The van der Waals surface area contributed by atoms with Crippen LogP contribution in [-0.2, 0) is 9.59 Å². The molecule has 5 heteroatoms. The third-order valence-corrected chi connectivity index (χ3v) is 1.94. The van der Waals surface area contributed by atoms with Gasteiger partial charge in [-0.1, -0.05) is 0 Å². The molecule has 0 spiro atoms. The van der Waals surface area contributed by atoms with E-state index in [2.05, 4.69) is 0 Å². The van der Waals surface area contributed by atoms with Crippen LogP contribution >= 0.6 is 0 Å². The molecular formula is C12H9F3O2. The number of allylic oxidation sites excluding steroid dienone is 1. The Bertz CT molecular complexity index is 493. The van der Waals surface area contributed by atoms with Crippen molar-refractivity contribution in [2.24, 2.45) is 0 Å². The maximum Gasteiger partial charge on any atom is 0.195 e. The lowest BCUT2D eigenvalue weighted by Crippen LogP contribution is -2.00. The summed E-state index contributed by atoms with van der Waals surface area (Å²) in [7, 11) is 0. The first-order valence-electron chi connectivity index (χ1n) is 4.75. The number of hydrogen-bond donors (Lipinski definition) is 0. The molecule has 0 radical (unpaired) electrons. The molecule has 1 aromatic carbocycles. The molecule has 1 rings (SSSR count). The summed E-state index contributed by atoms with van der Waals surface area (Å²) >= 11 is 0. The van der Waals surface area contributed by atoms with Crippen LogP contribution in [0.2, 0.25) is 0 Å². The fourth-order valence-electron chi connectivity index (χ4n) is 1.16. The minimum Gasteiger partial charge on any atom is -0.300 e. The van der Waals surface area contributed by atoms with Gasteiger partial charge in [-0.3, -0.25) is 9.59 Å². The van der Waals surface area contributed by atoms with Gasteiger partial charge in [0, 0.05) is 5.56 Å². The van der Waals surface area contributed by atoms with Crippen molar-refractivity contribution in [1.82, 2.24) is 0 Å². The number of carbonyl (C=O) groups excluding carboxylic acids is 2. The Hall–Kier alpha value is -1.91. The number of rotatable bonds is 4. The van der Waals surface area contributed by atoms with Crippen molar-refractivity contribution in [3.05, 3.63) is 41.2 Å². The summed E-state index contributed by atoms with van der Waals surface area (Å²) < 4.78 is 38.5. The van der Waals surface area contributed by atoms with Crippen LogP contribution in [0.15, 0.2) is 18.2 Å². The predicted molar refractivity (Wildman–Crippen MR) is 55.7 cm³/mol. The second-order valence-corrected chi connectivity index (χ2v) is 3.44. The average Bonchev–Trinajstić information content (AvgIpc) is 2.24. The number of hydrogen-bond acceptors (Lipinski definition) is 2. The second kappa shape index (κ2) is 5.43. The molecule has 0 aromatic heterocycles. The Labute approximate surface area is 95.8 Å². The summed E-state index contributed by atoms with van der Waals surface area (Å²) in [5, 5.41) is 0. The lowest BCUT2D eigenvalue weighted by Gasteiger charge is -1.99. The lowest BCUT2D eigenvalue weighted by atomic mass is 10.1. The van der Waals surface area contributed by atoms with Gasteiger partial charge in [0.25, 0.3) is 0 Å². The van der Waals surface area contributed by atoms with E-state index in [4.69, 9.17) is 0 Å². The van der Waals surface area contributed by atoms with Crippen LogP contribution in [-0.4, -0.2) is 11.6 Å². The molecule has 2 nitrogen and oxygen atoms in total. The lowest BCUT2D eigenvalue weighted by molar-refractivity contribution is -0.123. The average molecular weight is 242 g/mol. The van der Waals surface area contributed by atoms with E-state index >= 15 is 0 Å². The molecule has 0 amide bonds. The molecule has 17 heavy (non-hydrogen) atoms. The van der Waals surface area contributed by atoms with Crippen LogP contribution in [0.1, 0.15) is 18.9 Å². The number of carbonyl (C=O) groups is 2. The van der Waals surface area contributed by atoms with Gasteiger partial charge in [0.1, 0.15) is 5.78 Å². The zero-order valence-electron chi connectivity index (χ0n) is 8.97. The molecule has 0 saturated heterocycles. The normalized spacial score (nSPS) is 10.8. The number of halogens is 3. The maximum absolute atomic E-state index is 13.1. The molecule has 0 atom stereocenters. The standard InChI is InChI=1S/C12H9F3O2/c1-7(16)6-9(17)4-2-8-3-5-10(13)12(15)11(8)14/h2-5H,6H2,1H3. The van der Waals surface area contributed by atoms with E-state index in [9.17, 15) is 22.8 Å². The monoisotopic (exact) mass is 242 g/mol. The minimum absolute atomic E-state index is 0.249. The van der Waals surface area contributed by atoms with Gasteiger partial charge in [0.2, 0.25) is 0 Å². The molecule has 0 unspecified atom stereocenters. The summed E-state index contributed by atoms with van der Waals surface area (Å²) in [5.41, 5.74) is -0.249. The zero-order valence-corrected chi connectivity index (χ0v) is 8.97. The fraction of sp³-hybridized carbons (Fsp3) is 0.167. The van der Waals surface area contributed by atoms with Gasteiger partial charge in [-0.05, 0) is 31.2 Å². The van der Waals surface area contributed by atoms with E-state index in [-0.39, 0.29) is 17.8 Å². The molecule has 0 aliphatic rings. The smallest absolute Gasteiger partial charge is 0.195 e. The van der Waals surface area contributed by atoms with E-state index in [1.54, 1.807) is 0 Å². The molecule has 0 N–H and O–H groups in total. The number of Topliss-reactive ketones (excluding diaryl/α,β-unsaturated/α-hetero) is 1. The SMILES string of the molecule is CC(=O)CC(=O)C=Cc1ccc(F)c(F)c1F. The highest BCUT2D eigenvalue weighted by molar-refractivity contribution is 6.05. The van der Waals surface area contributed by atoms with E-state index in [1.165, 1.54) is 6.92 Å². The van der Waals surface area contributed by atoms with Crippen LogP contribution in [0, 0.1) is 17.5 Å². The van der Waals surface area contributed by atoms with Crippen LogP contribution in [0.25, 0.3) is 6.08 Å². The summed E-state index contributed by atoms with van der Waals surface area (Å²) in [4.78, 5) is 21.7. The molecule has 0 bridgehead atoms. The van der Waals surface area contributed by atoms with E-state index in [1.807, 2.05) is 0 Å². The van der Waals surface area contributed by atoms with Crippen molar-refractivity contribution < 1.29 is 22.8 Å². The molecule has 0 fully saturated rings. The Morgan fingerprint density at radius 1 is 1.18 bits per heavy atom. The Kier molecular flexibility index (Phi) is 4.20. The molecule has 90 valence electrons. The highest BCUT2D eigenvalue weighted by Gasteiger charge is 2.11. The maximum atomic E-state index is 13.1. The highest BCUT2D eigenvalue weighted by Crippen LogP contribution is 2.16. The Morgan fingerprint density at radius 2 is 1.82 bits per heavy atom. The predicted octanol–water partition coefficient (Wildman–Crippen LogP) is 2.67. The third kappa shape index (κ3) is 3.55. The highest BCUT2D eigenvalue weighted by atomic mass is 19.2. The van der Waals surface area contributed by atoms with Gasteiger partial charge in [0.15, 0.2) is 23.2 Å². The Morgan fingerprint density at radius 3 is 2.41 bits per heavy atom. The van der Waals surface area contributed by atoms with Gasteiger partial charge in [-0.25, -0.2) is 13.2 Å². The van der Waals surface area contributed by atoms with Crippen LogP contribution in [0.5, 0.6) is 0 Å². The summed E-state index contributed by atoms with van der Waals surface area (Å²) in [5.74, 6) is -5.11. The van der Waals surface area contributed by atoms with Gasteiger partial charge < -0.3 is 0 Å². The quantitative estimate of drug-likeness (QED) is 0.462. The molecule has 1 aromatic rings.